The fraction of sp³-hybridized carbons (Fsp3) is 0.571. The number of rotatable bonds is 6. The van der Waals surface area contributed by atoms with Crippen molar-refractivity contribution >= 4 is 0 Å². The molecule has 0 aliphatic carbocycles. The molecule has 0 aromatic heterocycles. The van der Waals surface area contributed by atoms with Gasteiger partial charge in [-0.1, -0.05) is 13.0 Å². The van der Waals surface area contributed by atoms with Gasteiger partial charge in [0.1, 0.15) is 13.2 Å². The Kier molecular flexibility index (Phi) is 4.84. The number of hydrogen-bond donors (Lipinski definition) is 1. The van der Waals surface area contributed by atoms with Crippen LogP contribution in [-0.4, -0.2) is 26.4 Å². The first-order chi connectivity index (χ1) is 8.81. The first kappa shape index (κ1) is 13.2. The third-order valence-corrected chi connectivity index (χ3v) is 2.92. The Morgan fingerprint density at radius 1 is 1.22 bits per heavy atom. The van der Waals surface area contributed by atoms with Gasteiger partial charge in [0.2, 0.25) is 0 Å². The molecule has 1 atom stereocenters. The Labute approximate surface area is 108 Å². The second kappa shape index (κ2) is 6.61. The van der Waals surface area contributed by atoms with Crippen LogP contribution in [0, 0.1) is 0 Å². The largest absolute Gasteiger partial charge is 0.486 e. The van der Waals surface area contributed by atoms with Crippen LogP contribution in [0.1, 0.15) is 31.4 Å². The summed E-state index contributed by atoms with van der Waals surface area (Å²) in [5, 5.41) is 0. The second-order valence-corrected chi connectivity index (χ2v) is 4.41. The topological polar surface area (TPSA) is 53.7 Å². The fourth-order valence-electron chi connectivity index (χ4n) is 1.91. The zero-order valence-electron chi connectivity index (χ0n) is 10.9. The first-order valence-electron chi connectivity index (χ1n) is 6.54. The average Bonchev–Trinajstić information content (AvgIpc) is 2.43. The summed E-state index contributed by atoms with van der Waals surface area (Å²) in [6.07, 6.45) is 1.86. The van der Waals surface area contributed by atoms with Crippen LogP contribution >= 0.6 is 0 Å². The molecule has 1 aliphatic heterocycles. The van der Waals surface area contributed by atoms with Gasteiger partial charge in [0.05, 0.1) is 0 Å². The molecule has 0 saturated heterocycles. The number of fused-ring (bicyclic) bond motifs is 1. The predicted octanol–water partition coefficient (Wildman–Crippen LogP) is 2.27. The summed E-state index contributed by atoms with van der Waals surface area (Å²) in [6.45, 7) is 4.81. The van der Waals surface area contributed by atoms with E-state index in [9.17, 15) is 0 Å². The summed E-state index contributed by atoms with van der Waals surface area (Å²) >= 11 is 0. The van der Waals surface area contributed by atoms with Crippen LogP contribution in [0.15, 0.2) is 18.2 Å². The quantitative estimate of drug-likeness (QED) is 0.788. The van der Waals surface area contributed by atoms with Crippen LogP contribution < -0.4 is 15.2 Å². The Morgan fingerprint density at radius 3 is 2.78 bits per heavy atom. The van der Waals surface area contributed by atoms with E-state index in [4.69, 9.17) is 19.9 Å². The van der Waals surface area contributed by atoms with E-state index in [1.807, 2.05) is 18.2 Å². The Morgan fingerprint density at radius 2 is 2.00 bits per heavy atom. The summed E-state index contributed by atoms with van der Waals surface area (Å²) in [7, 11) is 0. The van der Waals surface area contributed by atoms with Crippen LogP contribution in [0.5, 0.6) is 11.5 Å². The highest BCUT2D eigenvalue weighted by atomic mass is 16.6. The summed E-state index contributed by atoms with van der Waals surface area (Å²) in [6, 6.07) is 5.88. The summed E-state index contributed by atoms with van der Waals surface area (Å²) < 4.78 is 16.5. The van der Waals surface area contributed by atoms with Crippen molar-refractivity contribution in [1.29, 1.82) is 0 Å². The SMILES string of the molecule is CCCOCCC(N)c1ccc2c(c1)OCCO2. The molecule has 0 spiro atoms. The van der Waals surface area contributed by atoms with Gasteiger partial charge in [0.25, 0.3) is 0 Å². The Balaban J connectivity index is 1.91. The maximum Gasteiger partial charge on any atom is 0.161 e. The average molecular weight is 251 g/mol. The van der Waals surface area contributed by atoms with E-state index in [2.05, 4.69) is 6.92 Å². The van der Waals surface area contributed by atoms with Crippen molar-refractivity contribution in [2.24, 2.45) is 5.73 Å². The van der Waals surface area contributed by atoms with Crippen molar-refractivity contribution in [3.05, 3.63) is 23.8 Å². The molecule has 4 nitrogen and oxygen atoms in total. The van der Waals surface area contributed by atoms with Crippen molar-refractivity contribution in [1.82, 2.24) is 0 Å². The van der Waals surface area contributed by atoms with Crippen LogP contribution in [0.3, 0.4) is 0 Å². The molecule has 1 heterocycles. The van der Waals surface area contributed by atoms with E-state index < -0.39 is 0 Å². The van der Waals surface area contributed by atoms with E-state index in [1.165, 1.54) is 0 Å². The normalized spacial score (nSPS) is 15.4. The zero-order chi connectivity index (χ0) is 12.8. The highest BCUT2D eigenvalue weighted by Crippen LogP contribution is 2.32. The molecular formula is C14H21NO3. The molecule has 2 N–H and O–H groups in total. The third-order valence-electron chi connectivity index (χ3n) is 2.92. The van der Waals surface area contributed by atoms with Crippen molar-refractivity contribution in [2.75, 3.05) is 26.4 Å². The van der Waals surface area contributed by atoms with E-state index >= 15 is 0 Å². The summed E-state index contributed by atoms with van der Waals surface area (Å²) in [5.74, 6) is 1.60. The minimum Gasteiger partial charge on any atom is -0.486 e. The molecule has 1 aliphatic rings. The molecule has 4 heteroatoms. The van der Waals surface area contributed by atoms with Gasteiger partial charge in [-0.25, -0.2) is 0 Å². The van der Waals surface area contributed by atoms with Gasteiger partial charge in [0.15, 0.2) is 11.5 Å². The lowest BCUT2D eigenvalue weighted by Crippen LogP contribution is -2.17. The van der Waals surface area contributed by atoms with Crippen LogP contribution in [-0.2, 0) is 4.74 Å². The smallest absolute Gasteiger partial charge is 0.161 e. The maximum atomic E-state index is 6.13. The van der Waals surface area contributed by atoms with Crippen LogP contribution in [0.25, 0.3) is 0 Å². The monoisotopic (exact) mass is 251 g/mol. The molecule has 1 unspecified atom stereocenters. The van der Waals surface area contributed by atoms with Crippen molar-refractivity contribution in [2.45, 2.75) is 25.8 Å². The van der Waals surface area contributed by atoms with Crippen molar-refractivity contribution in [3.63, 3.8) is 0 Å². The van der Waals surface area contributed by atoms with Gasteiger partial charge >= 0.3 is 0 Å². The predicted molar refractivity (Wildman–Crippen MR) is 70.1 cm³/mol. The molecule has 0 amide bonds. The molecule has 18 heavy (non-hydrogen) atoms. The number of nitrogens with two attached hydrogens (primary N) is 1. The van der Waals surface area contributed by atoms with E-state index in [1.54, 1.807) is 0 Å². The minimum absolute atomic E-state index is 0.0160. The Bertz CT molecular complexity index is 381. The zero-order valence-corrected chi connectivity index (χ0v) is 10.9. The molecule has 0 fully saturated rings. The Hall–Kier alpha value is -1.26. The number of ether oxygens (including phenoxy) is 3. The molecule has 0 radical (unpaired) electrons. The highest BCUT2D eigenvalue weighted by molar-refractivity contribution is 5.44. The van der Waals surface area contributed by atoms with Crippen LogP contribution in [0.4, 0.5) is 0 Å². The molecule has 0 bridgehead atoms. The van der Waals surface area contributed by atoms with Gasteiger partial charge in [-0.3, -0.25) is 0 Å². The van der Waals surface area contributed by atoms with Crippen LogP contribution in [0.2, 0.25) is 0 Å². The number of hydrogen-bond acceptors (Lipinski definition) is 4. The maximum absolute atomic E-state index is 6.13. The minimum atomic E-state index is -0.0160. The van der Waals surface area contributed by atoms with E-state index in [-0.39, 0.29) is 6.04 Å². The highest BCUT2D eigenvalue weighted by Gasteiger charge is 2.14. The van der Waals surface area contributed by atoms with E-state index in [0.29, 0.717) is 19.8 Å². The summed E-state index contributed by atoms with van der Waals surface area (Å²) in [4.78, 5) is 0. The standard InChI is InChI=1S/C14H21NO3/c1-2-6-16-7-5-12(15)11-3-4-13-14(10-11)18-9-8-17-13/h3-4,10,12H,2,5-9,15H2,1H3. The molecule has 1 aromatic rings. The molecule has 1 aromatic carbocycles. The van der Waals surface area contributed by atoms with Crippen molar-refractivity contribution in [3.8, 4) is 11.5 Å². The van der Waals surface area contributed by atoms with Crippen molar-refractivity contribution < 1.29 is 14.2 Å². The van der Waals surface area contributed by atoms with Gasteiger partial charge in [-0.15, -0.1) is 0 Å². The number of benzene rings is 1. The second-order valence-electron chi connectivity index (χ2n) is 4.41. The van der Waals surface area contributed by atoms with Gasteiger partial charge in [-0.05, 0) is 30.5 Å². The lowest BCUT2D eigenvalue weighted by Gasteiger charge is -2.20. The molecule has 100 valence electrons. The fourth-order valence-corrected chi connectivity index (χ4v) is 1.91. The van der Waals surface area contributed by atoms with E-state index in [0.717, 1.165) is 36.5 Å². The van der Waals surface area contributed by atoms with Gasteiger partial charge in [-0.2, -0.15) is 0 Å². The molecule has 0 saturated carbocycles. The molecular weight excluding hydrogens is 230 g/mol. The molecule has 2 rings (SSSR count). The summed E-state index contributed by atoms with van der Waals surface area (Å²) in [5.41, 5.74) is 7.20. The lowest BCUT2D eigenvalue weighted by atomic mass is 10.0. The van der Waals surface area contributed by atoms with Gasteiger partial charge in [0, 0.05) is 19.3 Å². The first-order valence-corrected chi connectivity index (χ1v) is 6.54. The third kappa shape index (κ3) is 3.37. The lowest BCUT2D eigenvalue weighted by molar-refractivity contribution is 0.127. The van der Waals surface area contributed by atoms with Gasteiger partial charge < -0.3 is 19.9 Å².